The maximum atomic E-state index is 13.1. The predicted octanol–water partition coefficient (Wildman–Crippen LogP) is 3.81. The number of ether oxygens (including phenoxy) is 1. The first-order valence-corrected chi connectivity index (χ1v) is 11.7. The van der Waals surface area contributed by atoms with Crippen LogP contribution in [0.15, 0.2) is 48.5 Å². The van der Waals surface area contributed by atoms with Crippen LogP contribution in [-0.4, -0.2) is 53.0 Å². The van der Waals surface area contributed by atoms with Gasteiger partial charge in [0.15, 0.2) is 0 Å². The van der Waals surface area contributed by atoms with Crippen molar-refractivity contribution in [2.24, 2.45) is 0 Å². The van der Waals surface area contributed by atoms with Gasteiger partial charge in [-0.25, -0.2) is 4.98 Å². The summed E-state index contributed by atoms with van der Waals surface area (Å²) in [5, 5.41) is 2.95. The summed E-state index contributed by atoms with van der Waals surface area (Å²) < 4.78 is 7.19. The summed E-state index contributed by atoms with van der Waals surface area (Å²) in [6.07, 6.45) is 6.33. The van der Waals surface area contributed by atoms with E-state index in [1.807, 2.05) is 40.8 Å². The Morgan fingerprint density at radius 2 is 1.91 bits per heavy atom. The lowest BCUT2D eigenvalue weighted by Gasteiger charge is -2.31. The van der Waals surface area contributed by atoms with Crippen molar-refractivity contribution in [1.29, 1.82) is 0 Å². The fraction of sp³-hybridized carbons (Fsp3) is 0.423. The Morgan fingerprint density at radius 1 is 1.12 bits per heavy atom. The first-order chi connectivity index (χ1) is 16.1. The van der Waals surface area contributed by atoms with Gasteiger partial charge in [0.25, 0.3) is 5.91 Å². The first-order valence-electron chi connectivity index (χ1n) is 11.7. The molecule has 1 N–H and O–H groups in total. The fourth-order valence-corrected chi connectivity index (χ4v) is 4.57. The van der Waals surface area contributed by atoms with Gasteiger partial charge in [0.2, 0.25) is 5.91 Å². The van der Waals surface area contributed by atoms with Gasteiger partial charge < -0.3 is 19.5 Å². The van der Waals surface area contributed by atoms with E-state index in [2.05, 4.69) is 5.32 Å². The minimum atomic E-state index is -0.162. The summed E-state index contributed by atoms with van der Waals surface area (Å²) in [5.41, 5.74) is 2.35. The number of aromatic nitrogens is 2. The van der Waals surface area contributed by atoms with Crippen molar-refractivity contribution in [3.05, 3.63) is 59.9 Å². The monoisotopic (exact) mass is 448 g/mol. The van der Waals surface area contributed by atoms with Crippen molar-refractivity contribution in [2.75, 3.05) is 20.7 Å². The molecular formula is C26H32N4O3. The summed E-state index contributed by atoms with van der Waals surface area (Å²) in [6, 6.07) is 15.3. The largest absolute Gasteiger partial charge is 0.497 e. The van der Waals surface area contributed by atoms with E-state index in [9.17, 15) is 9.59 Å². The molecule has 1 heterocycles. The highest BCUT2D eigenvalue weighted by Gasteiger charge is 2.23. The third-order valence-electron chi connectivity index (χ3n) is 6.51. The van der Waals surface area contributed by atoms with Gasteiger partial charge in [-0.1, -0.05) is 37.5 Å². The van der Waals surface area contributed by atoms with E-state index in [1.54, 1.807) is 31.4 Å². The number of likely N-dealkylation sites (N-methyl/N-ethyl adjacent to an activating group) is 1. The van der Waals surface area contributed by atoms with Gasteiger partial charge in [-0.05, 0) is 43.2 Å². The molecule has 174 valence electrons. The van der Waals surface area contributed by atoms with Crippen molar-refractivity contribution in [1.82, 2.24) is 19.8 Å². The zero-order valence-electron chi connectivity index (χ0n) is 19.4. The highest BCUT2D eigenvalue weighted by Crippen LogP contribution is 2.23. The second kappa shape index (κ2) is 10.5. The van der Waals surface area contributed by atoms with E-state index in [0.717, 1.165) is 29.7 Å². The van der Waals surface area contributed by atoms with Crippen LogP contribution in [0.25, 0.3) is 11.0 Å². The lowest BCUT2D eigenvalue weighted by Crippen LogP contribution is -2.40. The molecule has 7 heteroatoms. The number of rotatable bonds is 8. The summed E-state index contributed by atoms with van der Waals surface area (Å²) >= 11 is 0. The quantitative estimate of drug-likeness (QED) is 0.569. The van der Waals surface area contributed by atoms with Crippen LogP contribution in [0.1, 0.15) is 48.3 Å². The molecule has 7 nitrogen and oxygen atoms in total. The highest BCUT2D eigenvalue weighted by molar-refractivity contribution is 5.94. The molecule has 0 bridgehead atoms. The molecule has 3 aromatic rings. The molecule has 0 radical (unpaired) electrons. The lowest BCUT2D eigenvalue weighted by molar-refractivity contribution is -0.133. The average Bonchev–Trinajstić information content (AvgIpc) is 3.21. The number of nitrogens with one attached hydrogen (secondary N) is 1. The normalized spacial score (nSPS) is 14.2. The number of para-hydroxylation sites is 2. The first kappa shape index (κ1) is 22.8. The zero-order chi connectivity index (χ0) is 23.2. The molecule has 0 spiro atoms. The molecule has 2 aromatic carbocycles. The van der Waals surface area contributed by atoms with Crippen LogP contribution in [0.5, 0.6) is 5.75 Å². The van der Waals surface area contributed by atoms with Gasteiger partial charge in [-0.3, -0.25) is 9.59 Å². The summed E-state index contributed by atoms with van der Waals surface area (Å²) in [6.45, 7) is 0.679. The van der Waals surface area contributed by atoms with Crippen LogP contribution in [0.3, 0.4) is 0 Å². The molecule has 1 aromatic heterocycles. The van der Waals surface area contributed by atoms with Crippen molar-refractivity contribution in [2.45, 2.75) is 51.1 Å². The van der Waals surface area contributed by atoms with Crippen molar-refractivity contribution >= 4 is 22.8 Å². The van der Waals surface area contributed by atoms with Crippen LogP contribution in [0.4, 0.5) is 0 Å². The smallest absolute Gasteiger partial charge is 0.251 e. The van der Waals surface area contributed by atoms with Gasteiger partial charge in [-0.2, -0.15) is 0 Å². The Balaban J connectivity index is 1.45. The van der Waals surface area contributed by atoms with Gasteiger partial charge in [0.05, 0.1) is 18.1 Å². The molecule has 4 rings (SSSR count). The summed E-state index contributed by atoms with van der Waals surface area (Å²) in [4.78, 5) is 32.4. The lowest BCUT2D eigenvalue weighted by atomic mass is 9.94. The second-order valence-electron chi connectivity index (χ2n) is 8.64. The Labute approximate surface area is 194 Å². The number of nitrogens with zero attached hydrogens (tertiary/aromatic N) is 3. The van der Waals surface area contributed by atoms with Gasteiger partial charge in [0.1, 0.15) is 18.1 Å². The third-order valence-corrected chi connectivity index (χ3v) is 6.51. The summed E-state index contributed by atoms with van der Waals surface area (Å²) in [7, 11) is 3.50. The van der Waals surface area contributed by atoms with E-state index in [1.165, 1.54) is 19.3 Å². The number of fused-ring (bicyclic) bond motifs is 1. The van der Waals surface area contributed by atoms with Crippen molar-refractivity contribution in [3.63, 3.8) is 0 Å². The van der Waals surface area contributed by atoms with Crippen LogP contribution in [-0.2, 0) is 17.8 Å². The second-order valence-corrected chi connectivity index (χ2v) is 8.64. The Kier molecular flexibility index (Phi) is 7.27. The number of benzene rings is 2. The van der Waals surface area contributed by atoms with Crippen molar-refractivity contribution < 1.29 is 14.3 Å². The van der Waals surface area contributed by atoms with Crippen LogP contribution < -0.4 is 10.1 Å². The topological polar surface area (TPSA) is 76.5 Å². The number of carbonyl (C=O) groups excluding carboxylic acids is 2. The Morgan fingerprint density at radius 3 is 2.70 bits per heavy atom. The number of amides is 2. The van der Waals surface area contributed by atoms with E-state index < -0.39 is 0 Å². The minimum Gasteiger partial charge on any atom is -0.497 e. The molecule has 1 fully saturated rings. The number of carbonyl (C=O) groups is 2. The Hall–Kier alpha value is -3.35. The van der Waals surface area contributed by atoms with E-state index in [4.69, 9.17) is 9.72 Å². The van der Waals surface area contributed by atoms with Crippen LogP contribution >= 0.6 is 0 Å². The number of methoxy groups -OCH3 is 1. The molecular weight excluding hydrogens is 416 g/mol. The molecule has 0 aliphatic heterocycles. The van der Waals surface area contributed by atoms with E-state index in [-0.39, 0.29) is 18.4 Å². The molecule has 0 atom stereocenters. The highest BCUT2D eigenvalue weighted by atomic mass is 16.5. The van der Waals surface area contributed by atoms with Gasteiger partial charge >= 0.3 is 0 Å². The third kappa shape index (κ3) is 5.35. The zero-order valence-corrected chi connectivity index (χ0v) is 19.4. The SMILES string of the molecule is COc1cccc(C(=O)NCCc2nc3ccccc3n2CC(=O)N(C)C2CCCCC2)c1. The van der Waals surface area contributed by atoms with E-state index in [0.29, 0.717) is 30.3 Å². The molecule has 2 amide bonds. The van der Waals surface area contributed by atoms with Crippen molar-refractivity contribution in [3.8, 4) is 5.75 Å². The minimum absolute atomic E-state index is 0.103. The molecule has 1 aliphatic carbocycles. The average molecular weight is 449 g/mol. The molecule has 33 heavy (non-hydrogen) atoms. The maximum absolute atomic E-state index is 13.1. The molecule has 0 unspecified atom stereocenters. The molecule has 1 saturated carbocycles. The molecule has 1 aliphatic rings. The number of imidazole rings is 1. The van der Waals surface area contributed by atoms with Gasteiger partial charge in [0, 0.05) is 31.6 Å². The van der Waals surface area contributed by atoms with Crippen LogP contribution in [0, 0.1) is 0 Å². The standard InChI is InChI=1S/C26H32N4O3/c1-29(20-10-4-3-5-11-20)25(31)18-30-23-14-7-6-13-22(23)28-24(30)15-16-27-26(32)19-9-8-12-21(17-19)33-2/h6-9,12-14,17,20H,3-5,10-11,15-16,18H2,1-2H3,(H,27,32). The summed E-state index contributed by atoms with van der Waals surface area (Å²) in [5.74, 6) is 1.38. The Bertz CT molecular complexity index is 1120. The van der Waals surface area contributed by atoms with E-state index >= 15 is 0 Å². The number of hydrogen-bond acceptors (Lipinski definition) is 4. The van der Waals surface area contributed by atoms with Gasteiger partial charge in [-0.15, -0.1) is 0 Å². The fourth-order valence-electron chi connectivity index (χ4n) is 4.57. The molecule has 0 saturated heterocycles. The number of hydrogen-bond donors (Lipinski definition) is 1. The van der Waals surface area contributed by atoms with Crippen LogP contribution in [0.2, 0.25) is 0 Å². The maximum Gasteiger partial charge on any atom is 0.251 e. The predicted molar refractivity (Wildman–Crippen MR) is 128 cm³/mol.